The number of carbonyl (C=O) groups is 2. The number of nitrogens with zero attached hydrogens (tertiary/aromatic N) is 4. The van der Waals surface area contributed by atoms with Gasteiger partial charge in [-0.2, -0.15) is 0 Å². The second-order valence-corrected chi connectivity index (χ2v) is 9.54. The third-order valence-electron chi connectivity index (χ3n) is 6.27. The van der Waals surface area contributed by atoms with Crippen LogP contribution in [0.25, 0.3) is 0 Å². The molecule has 8 heteroatoms. The summed E-state index contributed by atoms with van der Waals surface area (Å²) in [5.41, 5.74) is 1.20. The van der Waals surface area contributed by atoms with Crippen LogP contribution >= 0.6 is 11.3 Å². The van der Waals surface area contributed by atoms with Gasteiger partial charge in [-0.25, -0.2) is 4.98 Å². The molecule has 30 heavy (non-hydrogen) atoms. The molecule has 4 rings (SSSR count). The number of rotatable bonds is 3. The second kappa shape index (κ2) is 8.43. The molecule has 160 valence electrons. The highest BCUT2D eigenvalue weighted by atomic mass is 32.1. The summed E-state index contributed by atoms with van der Waals surface area (Å²) in [7, 11) is 0. The molecule has 0 bridgehead atoms. The fraction of sp³-hybridized carbons (Fsp3) is 0.545. The van der Waals surface area contributed by atoms with Gasteiger partial charge in [0, 0.05) is 38.6 Å². The molecular formula is C22H28N4O3S. The number of piperidine rings is 2. The van der Waals surface area contributed by atoms with Crippen molar-refractivity contribution in [3.8, 4) is 0 Å². The largest absolute Gasteiger partial charge is 0.391 e. The zero-order chi connectivity index (χ0) is 21.3. The van der Waals surface area contributed by atoms with E-state index >= 15 is 0 Å². The van der Waals surface area contributed by atoms with Crippen molar-refractivity contribution in [2.24, 2.45) is 5.41 Å². The summed E-state index contributed by atoms with van der Waals surface area (Å²) in [6, 6.07) is 3.51. The number of likely N-dealkylation sites (tertiary alicyclic amines) is 2. The van der Waals surface area contributed by atoms with Crippen molar-refractivity contribution in [1.82, 2.24) is 19.8 Å². The first-order valence-corrected chi connectivity index (χ1v) is 11.4. The Morgan fingerprint density at radius 3 is 2.67 bits per heavy atom. The molecule has 0 saturated carbocycles. The van der Waals surface area contributed by atoms with E-state index in [1.165, 1.54) is 11.3 Å². The maximum atomic E-state index is 13.0. The van der Waals surface area contributed by atoms with E-state index in [-0.39, 0.29) is 17.2 Å². The number of aromatic nitrogens is 2. The average molecular weight is 429 g/mol. The molecule has 1 unspecified atom stereocenters. The van der Waals surface area contributed by atoms with Gasteiger partial charge in [0.15, 0.2) is 0 Å². The topological polar surface area (TPSA) is 86.6 Å². The van der Waals surface area contributed by atoms with Gasteiger partial charge in [0.1, 0.15) is 4.88 Å². The van der Waals surface area contributed by atoms with Crippen molar-refractivity contribution in [3.63, 3.8) is 0 Å². The maximum Gasteiger partial charge on any atom is 0.265 e. The molecule has 2 amide bonds. The Kier molecular flexibility index (Phi) is 5.88. The van der Waals surface area contributed by atoms with Gasteiger partial charge in [0.25, 0.3) is 11.8 Å². The van der Waals surface area contributed by atoms with E-state index in [9.17, 15) is 14.7 Å². The summed E-state index contributed by atoms with van der Waals surface area (Å²) in [6.45, 7) is 6.17. The molecule has 0 aliphatic carbocycles. The van der Waals surface area contributed by atoms with Gasteiger partial charge in [-0.15, -0.1) is 11.3 Å². The fourth-order valence-corrected chi connectivity index (χ4v) is 5.64. The van der Waals surface area contributed by atoms with Gasteiger partial charge in [-0.05, 0) is 50.2 Å². The van der Waals surface area contributed by atoms with Crippen molar-refractivity contribution in [2.75, 3.05) is 26.2 Å². The molecule has 2 aliphatic heterocycles. The highest BCUT2D eigenvalue weighted by Crippen LogP contribution is 2.41. The van der Waals surface area contributed by atoms with Gasteiger partial charge >= 0.3 is 0 Å². The lowest BCUT2D eigenvalue weighted by molar-refractivity contribution is -0.0299. The lowest BCUT2D eigenvalue weighted by Crippen LogP contribution is -2.55. The number of aliphatic hydroxyl groups excluding tert-OH is 1. The van der Waals surface area contributed by atoms with Crippen LogP contribution in [-0.2, 0) is 6.42 Å². The highest BCUT2D eigenvalue weighted by Gasteiger charge is 2.44. The van der Waals surface area contributed by atoms with Gasteiger partial charge in [0.2, 0.25) is 0 Å². The molecule has 7 nitrogen and oxygen atoms in total. The fourth-order valence-electron chi connectivity index (χ4n) is 4.67. The summed E-state index contributed by atoms with van der Waals surface area (Å²) in [5, 5.41) is 11.5. The third kappa shape index (κ3) is 4.11. The summed E-state index contributed by atoms with van der Waals surface area (Å²) in [5.74, 6) is -0.0358. The van der Waals surface area contributed by atoms with Crippen LogP contribution in [0.2, 0.25) is 0 Å². The van der Waals surface area contributed by atoms with E-state index in [1.54, 1.807) is 29.4 Å². The quantitative estimate of drug-likeness (QED) is 0.812. The number of carbonyl (C=O) groups excluding carboxylic acids is 2. The molecule has 4 heterocycles. The molecule has 2 aromatic heterocycles. The van der Waals surface area contributed by atoms with Crippen LogP contribution in [-0.4, -0.2) is 69.0 Å². The molecule has 2 aromatic rings. The van der Waals surface area contributed by atoms with Crippen LogP contribution in [0.1, 0.15) is 56.9 Å². The average Bonchev–Trinajstić information content (AvgIpc) is 3.14. The van der Waals surface area contributed by atoms with E-state index in [2.05, 4.69) is 9.97 Å². The first-order chi connectivity index (χ1) is 14.4. The van der Waals surface area contributed by atoms with Gasteiger partial charge in [-0.3, -0.25) is 14.6 Å². The summed E-state index contributed by atoms with van der Waals surface area (Å²) >= 11 is 1.49. The normalized spacial score (nSPS) is 21.1. The summed E-state index contributed by atoms with van der Waals surface area (Å²) in [6.07, 6.45) is 5.74. The van der Waals surface area contributed by atoms with Gasteiger partial charge in [0.05, 0.1) is 22.4 Å². The van der Waals surface area contributed by atoms with Crippen LogP contribution in [0, 0.1) is 12.3 Å². The number of aliphatic hydroxyl groups is 1. The molecule has 1 N–H and O–H groups in total. The molecule has 2 aliphatic rings. The van der Waals surface area contributed by atoms with Crippen LogP contribution in [0.3, 0.4) is 0 Å². The SMILES string of the molecule is CCc1nc(C)c(C(=O)N2CCC3(CC2)CC(O)CN(C(=O)c2cccnc2)C3)s1. The Bertz CT molecular complexity index is 922. The standard InChI is InChI=1S/C22H28N4O3S/c1-3-18-24-15(2)19(30-18)21(29)25-9-6-22(7-10-25)11-17(27)13-26(14-22)20(28)16-5-4-8-23-12-16/h4-5,8,12,17,27H,3,6-7,9-11,13-14H2,1-2H3. The predicted octanol–water partition coefficient (Wildman–Crippen LogP) is 2.54. The van der Waals surface area contributed by atoms with E-state index in [0.29, 0.717) is 38.2 Å². The molecule has 1 atom stereocenters. The van der Waals surface area contributed by atoms with Crippen molar-refractivity contribution in [2.45, 2.75) is 45.6 Å². The van der Waals surface area contributed by atoms with Gasteiger partial charge in [-0.1, -0.05) is 6.92 Å². The number of hydrogen-bond donors (Lipinski definition) is 1. The molecule has 0 radical (unpaired) electrons. The smallest absolute Gasteiger partial charge is 0.265 e. The minimum atomic E-state index is -0.544. The van der Waals surface area contributed by atoms with Crippen molar-refractivity contribution in [3.05, 3.63) is 45.7 Å². The van der Waals surface area contributed by atoms with Crippen molar-refractivity contribution in [1.29, 1.82) is 0 Å². The Balaban J connectivity index is 1.44. The molecule has 2 fully saturated rings. The Morgan fingerprint density at radius 2 is 2.03 bits per heavy atom. The van der Waals surface area contributed by atoms with Crippen molar-refractivity contribution >= 4 is 23.2 Å². The maximum absolute atomic E-state index is 13.0. The number of aryl methyl sites for hydroxylation is 2. The monoisotopic (exact) mass is 428 g/mol. The Morgan fingerprint density at radius 1 is 1.27 bits per heavy atom. The zero-order valence-corrected chi connectivity index (χ0v) is 18.3. The number of amides is 2. The molecule has 1 spiro atoms. The van der Waals surface area contributed by atoms with Crippen LogP contribution in [0.4, 0.5) is 0 Å². The van der Waals surface area contributed by atoms with E-state index in [0.717, 1.165) is 34.8 Å². The number of hydrogen-bond acceptors (Lipinski definition) is 6. The minimum absolute atomic E-state index is 0.0548. The summed E-state index contributed by atoms with van der Waals surface area (Å²) < 4.78 is 0. The first-order valence-electron chi connectivity index (χ1n) is 10.5. The molecule has 0 aromatic carbocycles. The molecule has 2 saturated heterocycles. The second-order valence-electron chi connectivity index (χ2n) is 8.45. The Hall–Kier alpha value is -2.32. The van der Waals surface area contributed by atoms with E-state index in [4.69, 9.17) is 0 Å². The zero-order valence-electron chi connectivity index (χ0n) is 17.5. The van der Waals surface area contributed by atoms with Gasteiger partial charge < -0.3 is 14.9 Å². The summed E-state index contributed by atoms with van der Waals surface area (Å²) in [4.78, 5) is 38.8. The van der Waals surface area contributed by atoms with Crippen LogP contribution in [0.15, 0.2) is 24.5 Å². The molecular weight excluding hydrogens is 400 g/mol. The lowest BCUT2D eigenvalue weighted by atomic mass is 9.71. The van der Waals surface area contributed by atoms with E-state index < -0.39 is 6.10 Å². The minimum Gasteiger partial charge on any atom is -0.391 e. The van der Waals surface area contributed by atoms with Crippen LogP contribution in [0.5, 0.6) is 0 Å². The third-order valence-corrected chi connectivity index (χ3v) is 7.56. The predicted molar refractivity (Wildman–Crippen MR) is 115 cm³/mol. The lowest BCUT2D eigenvalue weighted by Gasteiger charge is -2.49. The highest BCUT2D eigenvalue weighted by molar-refractivity contribution is 7.13. The number of thiazole rings is 1. The van der Waals surface area contributed by atoms with Crippen LogP contribution < -0.4 is 0 Å². The number of pyridine rings is 1. The van der Waals surface area contributed by atoms with Crippen molar-refractivity contribution < 1.29 is 14.7 Å². The van der Waals surface area contributed by atoms with E-state index in [1.807, 2.05) is 18.7 Å². The first kappa shape index (κ1) is 20.9. The Labute approximate surface area is 180 Å². The number of β-amino-alcohol motifs (C(OH)–C–C–N with tert-alkyl or cyclic N) is 1.